The Balaban J connectivity index is 1.40. The lowest BCUT2D eigenvalue weighted by Gasteiger charge is -2.33. The number of likely N-dealkylation sites (N-methyl/N-ethyl adjacent to an activating group) is 1. The van der Waals surface area contributed by atoms with E-state index in [4.69, 9.17) is 0 Å². The van der Waals surface area contributed by atoms with Crippen molar-refractivity contribution in [3.05, 3.63) is 66.2 Å². The molecule has 1 heterocycles. The van der Waals surface area contributed by atoms with Crippen LogP contribution in [-0.4, -0.2) is 61.5 Å². The SMILES string of the molecule is CCN1CCN(CCCNC(=O)C=Cc2cccc(-c3ccccc3)c2)CC1. The molecule has 4 heteroatoms. The molecule has 1 fully saturated rings. The lowest BCUT2D eigenvalue weighted by molar-refractivity contribution is -0.116. The zero-order valence-electron chi connectivity index (χ0n) is 16.8. The fraction of sp³-hybridized carbons (Fsp3) is 0.375. The lowest BCUT2D eigenvalue weighted by Crippen LogP contribution is -2.46. The van der Waals surface area contributed by atoms with Crippen LogP contribution in [-0.2, 0) is 4.79 Å². The molecule has 148 valence electrons. The maximum Gasteiger partial charge on any atom is 0.243 e. The molecule has 0 atom stereocenters. The zero-order valence-corrected chi connectivity index (χ0v) is 16.8. The molecule has 0 aromatic heterocycles. The summed E-state index contributed by atoms with van der Waals surface area (Å²) in [5.74, 6) is -0.0269. The number of amides is 1. The third-order valence-electron chi connectivity index (χ3n) is 5.28. The molecule has 0 saturated carbocycles. The molecule has 0 spiro atoms. The largest absolute Gasteiger partial charge is 0.353 e. The summed E-state index contributed by atoms with van der Waals surface area (Å²) < 4.78 is 0. The van der Waals surface area contributed by atoms with E-state index in [1.54, 1.807) is 6.08 Å². The van der Waals surface area contributed by atoms with Crippen molar-refractivity contribution in [2.24, 2.45) is 0 Å². The minimum absolute atomic E-state index is 0.0269. The Morgan fingerprint density at radius 2 is 1.68 bits per heavy atom. The van der Waals surface area contributed by atoms with E-state index >= 15 is 0 Å². The van der Waals surface area contributed by atoms with Gasteiger partial charge in [0, 0.05) is 38.8 Å². The fourth-order valence-corrected chi connectivity index (χ4v) is 3.53. The van der Waals surface area contributed by atoms with Gasteiger partial charge in [-0.3, -0.25) is 4.79 Å². The van der Waals surface area contributed by atoms with Gasteiger partial charge in [0.15, 0.2) is 0 Å². The van der Waals surface area contributed by atoms with Crippen LogP contribution in [0.1, 0.15) is 18.9 Å². The highest BCUT2D eigenvalue weighted by Gasteiger charge is 2.14. The van der Waals surface area contributed by atoms with Crippen molar-refractivity contribution in [1.82, 2.24) is 15.1 Å². The topological polar surface area (TPSA) is 35.6 Å². The average molecular weight is 378 g/mol. The molecule has 0 aliphatic carbocycles. The molecule has 1 N–H and O–H groups in total. The average Bonchev–Trinajstić information content (AvgIpc) is 2.76. The van der Waals surface area contributed by atoms with E-state index in [2.05, 4.69) is 46.3 Å². The molecule has 1 aliphatic rings. The standard InChI is InChI=1S/C24H31N3O/c1-2-26-16-18-27(19-17-26)15-7-14-25-24(28)13-12-21-8-6-11-23(20-21)22-9-4-3-5-10-22/h3-6,8-13,20H,2,7,14-19H2,1H3,(H,25,28). The van der Waals surface area contributed by atoms with Crippen molar-refractivity contribution in [2.75, 3.05) is 45.8 Å². The van der Waals surface area contributed by atoms with Crippen molar-refractivity contribution in [3.8, 4) is 11.1 Å². The summed E-state index contributed by atoms with van der Waals surface area (Å²) in [6.07, 6.45) is 4.51. The molecule has 3 rings (SSSR count). The molecular formula is C24H31N3O. The Kier molecular flexibility index (Phi) is 7.82. The van der Waals surface area contributed by atoms with E-state index in [-0.39, 0.29) is 5.91 Å². The number of benzene rings is 2. The van der Waals surface area contributed by atoms with Gasteiger partial charge in [0.2, 0.25) is 5.91 Å². The van der Waals surface area contributed by atoms with Gasteiger partial charge in [-0.2, -0.15) is 0 Å². The molecule has 0 radical (unpaired) electrons. The summed E-state index contributed by atoms with van der Waals surface area (Å²) in [5.41, 5.74) is 3.37. The van der Waals surface area contributed by atoms with Gasteiger partial charge in [0.1, 0.15) is 0 Å². The summed E-state index contributed by atoms with van der Waals surface area (Å²) in [6.45, 7) is 9.74. The summed E-state index contributed by atoms with van der Waals surface area (Å²) in [4.78, 5) is 17.1. The van der Waals surface area contributed by atoms with Gasteiger partial charge >= 0.3 is 0 Å². The minimum atomic E-state index is -0.0269. The number of nitrogens with one attached hydrogen (secondary N) is 1. The summed E-state index contributed by atoms with van der Waals surface area (Å²) in [6, 6.07) is 18.5. The summed E-state index contributed by atoms with van der Waals surface area (Å²) in [7, 11) is 0. The number of carbonyl (C=O) groups is 1. The molecule has 1 aliphatic heterocycles. The van der Waals surface area contributed by atoms with Crippen molar-refractivity contribution < 1.29 is 4.79 Å². The molecule has 1 amide bonds. The van der Waals surface area contributed by atoms with E-state index < -0.39 is 0 Å². The van der Waals surface area contributed by atoms with Gasteiger partial charge < -0.3 is 15.1 Å². The van der Waals surface area contributed by atoms with Crippen LogP contribution in [0.3, 0.4) is 0 Å². The number of nitrogens with zero attached hydrogens (tertiary/aromatic N) is 2. The Hall–Kier alpha value is -2.43. The highest BCUT2D eigenvalue weighted by Crippen LogP contribution is 2.20. The Bertz CT molecular complexity index is 764. The van der Waals surface area contributed by atoms with Crippen molar-refractivity contribution in [3.63, 3.8) is 0 Å². The van der Waals surface area contributed by atoms with Crippen LogP contribution in [0.5, 0.6) is 0 Å². The smallest absolute Gasteiger partial charge is 0.243 e. The number of piperazine rings is 1. The van der Waals surface area contributed by atoms with Gasteiger partial charge in [-0.15, -0.1) is 0 Å². The third kappa shape index (κ3) is 6.32. The number of hydrogen-bond acceptors (Lipinski definition) is 3. The van der Waals surface area contributed by atoms with Crippen molar-refractivity contribution in [1.29, 1.82) is 0 Å². The van der Waals surface area contributed by atoms with Gasteiger partial charge in [0.05, 0.1) is 0 Å². The first kappa shape index (κ1) is 20.3. The Morgan fingerprint density at radius 1 is 0.964 bits per heavy atom. The Labute approximate surface area is 168 Å². The van der Waals surface area contributed by atoms with Crippen LogP contribution in [0, 0.1) is 0 Å². The molecule has 4 nitrogen and oxygen atoms in total. The zero-order chi connectivity index (χ0) is 19.6. The third-order valence-corrected chi connectivity index (χ3v) is 5.28. The van der Waals surface area contributed by atoms with Crippen LogP contribution < -0.4 is 5.32 Å². The second-order valence-corrected chi connectivity index (χ2v) is 7.25. The predicted molar refractivity (Wildman–Crippen MR) is 117 cm³/mol. The number of hydrogen-bond donors (Lipinski definition) is 1. The van der Waals surface area contributed by atoms with Crippen LogP contribution in [0.2, 0.25) is 0 Å². The molecule has 2 aromatic carbocycles. The molecule has 28 heavy (non-hydrogen) atoms. The maximum absolute atomic E-state index is 12.1. The van der Waals surface area contributed by atoms with Gasteiger partial charge in [-0.25, -0.2) is 0 Å². The Morgan fingerprint density at radius 3 is 2.43 bits per heavy atom. The van der Waals surface area contributed by atoms with E-state index in [0.717, 1.165) is 63.4 Å². The second kappa shape index (κ2) is 10.8. The van der Waals surface area contributed by atoms with E-state index in [1.807, 2.05) is 36.4 Å². The summed E-state index contributed by atoms with van der Waals surface area (Å²) in [5, 5.41) is 3.00. The van der Waals surface area contributed by atoms with Crippen LogP contribution in [0.25, 0.3) is 17.2 Å². The van der Waals surface area contributed by atoms with E-state index in [1.165, 1.54) is 5.56 Å². The van der Waals surface area contributed by atoms with Crippen LogP contribution in [0.4, 0.5) is 0 Å². The molecule has 0 bridgehead atoms. The first-order chi connectivity index (χ1) is 13.7. The number of rotatable bonds is 8. The van der Waals surface area contributed by atoms with Crippen molar-refractivity contribution in [2.45, 2.75) is 13.3 Å². The molecule has 0 unspecified atom stereocenters. The predicted octanol–water partition coefficient (Wildman–Crippen LogP) is 3.51. The second-order valence-electron chi connectivity index (χ2n) is 7.25. The van der Waals surface area contributed by atoms with Crippen LogP contribution in [0.15, 0.2) is 60.7 Å². The molecular weight excluding hydrogens is 346 g/mol. The highest BCUT2D eigenvalue weighted by molar-refractivity contribution is 5.91. The number of carbonyl (C=O) groups excluding carboxylic acids is 1. The first-order valence-electron chi connectivity index (χ1n) is 10.3. The highest BCUT2D eigenvalue weighted by atomic mass is 16.1. The van der Waals surface area contributed by atoms with Gasteiger partial charge in [0.25, 0.3) is 0 Å². The van der Waals surface area contributed by atoms with Crippen molar-refractivity contribution >= 4 is 12.0 Å². The lowest BCUT2D eigenvalue weighted by atomic mass is 10.0. The van der Waals surface area contributed by atoms with E-state index in [0.29, 0.717) is 0 Å². The monoisotopic (exact) mass is 377 g/mol. The first-order valence-corrected chi connectivity index (χ1v) is 10.3. The summed E-state index contributed by atoms with van der Waals surface area (Å²) >= 11 is 0. The minimum Gasteiger partial charge on any atom is -0.353 e. The van der Waals surface area contributed by atoms with Crippen LogP contribution >= 0.6 is 0 Å². The maximum atomic E-state index is 12.1. The quantitative estimate of drug-likeness (QED) is 0.565. The van der Waals surface area contributed by atoms with Gasteiger partial charge in [-0.1, -0.05) is 55.5 Å². The fourth-order valence-electron chi connectivity index (χ4n) is 3.53. The van der Waals surface area contributed by atoms with Gasteiger partial charge in [-0.05, 0) is 48.3 Å². The molecule has 1 saturated heterocycles. The van der Waals surface area contributed by atoms with E-state index in [9.17, 15) is 4.79 Å². The molecule has 2 aromatic rings. The normalized spacial score (nSPS) is 15.8.